The number of hydrogen-bond donors (Lipinski definition) is 2. The van der Waals surface area contributed by atoms with Crippen LogP contribution in [-0.4, -0.2) is 38.1 Å². The second-order valence-corrected chi connectivity index (χ2v) is 4.76. The third-order valence-electron chi connectivity index (χ3n) is 3.64. The van der Waals surface area contributed by atoms with Gasteiger partial charge < -0.3 is 5.32 Å². The van der Waals surface area contributed by atoms with Crippen LogP contribution in [0.5, 0.6) is 0 Å². The summed E-state index contributed by atoms with van der Waals surface area (Å²) in [6.45, 7) is 2.10. The van der Waals surface area contributed by atoms with E-state index in [2.05, 4.69) is 30.3 Å². The van der Waals surface area contributed by atoms with Gasteiger partial charge in [0.05, 0.1) is 17.8 Å². The van der Waals surface area contributed by atoms with Gasteiger partial charge in [0.2, 0.25) is 0 Å². The Morgan fingerprint density at radius 1 is 1.33 bits per heavy atom. The minimum absolute atomic E-state index is 0.434. The summed E-state index contributed by atoms with van der Waals surface area (Å²) in [6, 6.07) is 2.44. The molecule has 1 aliphatic rings. The van der Waals surface area contributed by atoms with Gasteiger partial charge in [-0.05, 0) is 25.5 Å². The van der Waals surface area contributed by atoms with Crippen molar-refractivity contribution in [2.45, 2.75) is 18.9 Å². The van der Waals surface area contributed by atoms with Crippen LogP contribution < -0.4 is 5.32 Å². The smallest absolute Gasteiger partial charge is 0.161 e. The van der Waals surface area contributed by atoms with E-state index in [-0.39, 0.29) is 0 Å². The summed E-state index contributed by atoms with van der Waals surface area (Å²) in [4.78, 5) is 8.56. The van der Waals surface area contributed by atoms with Crippen LogP contribution in [0.2, 0.25) is 0 Å². The van der Waals surface area contributed by atoms with Crippen LogP contribution in [0.25, 0.3) is 22.1 Å². The SMILES string of the molecule is c1cc2c(n1)ncc1n[nH]n([C@@H]3CCCNC3)c12. The third kappa shape index (κ3) is 1.35. The Bertz CT molecular complexity index is 691. The second-order valence-electron chi connectivity index (χ2n) is 4.76. The summed E-state index contributed by atoms with van der Waals surface area (Å²) in [5.74, 6) is 0. The maximum atomic E-state index is 4.34. The minimum atomic E-state index is 0.434. The molecule has 0 aliphatic carbocycles. The lowest BCUT2D eigenvalue weighted by atomic mass is 10.1. The topological polar surface area (TPSA) is 71.4 Å². The molecule has 0 amide bonds. The van der Waals surface area contributed by atoms with Crippen molar-refractivity contribution in [2.24, 2.45) is 0 Å². The van der Waals surface area contributed by atoms with Gasteiger partial charge >= 0.3 is 0 Å². The molecule has 0 bridgehead atoms. The summed E-state index contributed by atoms with van der Waals surface area (Å²) in [6.07, 6.45) is 5.96. The fourth-order valence-corrected chi connectivity index (χ4v) is 2.75. The zero-order chi connectivity index (χ0) is 11.9. The number of aromatic amines is 1. The lowest BCUT2D eigenvalue weighted by Gasteiger charge is -2.24. The van der Waals surface area contributed by atoms with Gasteiger partial charge in [-0.2, -0.15) is 5.10 Å². The molecule has 0 saturated carbocycles. The number of hydrogen-bond acceptors (Lipinski definition) is 4. The van der Waals surface area contributed by atoms with E-state index >= 15 is 0 Å². The van der Waals surface area contributed by atoms with Crippen molar-refractivity contribution in [1.82, 2.24) is 30.3 Å². The van der Waals surface area contributed by atoms with E-state index in [9.17, 15) is 0 Å². The highest BCUT2D eigenvalue weighted by Crippen LogP contribution is 2.25. The van der Waals surface area contributed by atoms with Gasteiger partial charge in [0, 0.05) is 18.1 Å². The van der Waals surface area contributed by atoms with Gasteiger partial charge in [0.1, 0.15) is 5.52 Å². The van der Waals surface area contributed by atoms with Gasteiger partial charge in [-0.25, -0.2) is 15.2 Å². The monoisotopic (exact) mass is 242 g/mol. The number of fused-ring (bicyclic) bond motifs is 3. The normalized spacial score (nSPS) is 20.8. The fourth-order valence-electron chi connectivity index (χ4n) is 2.75. The molecular formula is C12H14N6. The molecule has 0 aromatic carbocycles. The predicted molar refractivity (Wildman–Crippen MR) is 68.3 cm³/mol. The lowest BCUT2D eigenvalue weighted by Crippen LogP contribution is -2.32. The van der Waals surface area contributed by atoms with Gasteiger partial charge in [0.25, 0.3) is 0 Å². The molecule has 4 heterocycles. The molecule has 92 valence electrons. The molecule has 1 fully saturated rings. The van der Waals surface area contributed by atoms with Crippen molar-refractivity contribution in [3.05, 3.63) is 18.5 Å². The first-order valence-corrected chi connectivity index (χ1v) is 6.30. The third-order valence-corrected chi connectivity index (χ3v) is 3.64. The summed E-state index contributed by atoms with van der Waals surface area (Å²) in [5.41, 5.74) is 2.81. The molecule has 1 aliphatic heterocycles. The first-order chi connectivity index (χ1) is 8.93. The van der Waals surface area contributed by atoms with Crippen molar-refractivity contribution >= 4 is 22.1 Å². The number of H-pyrrole nitrogens is 1. The van der Waals surface area contributed by atoms with Crippen molar-refractivity contribution in [3.63, 3.8) is 0 Å². The van der Waals surface area contributed by atoms with E-state index in [4.69, 9.17) is 0 Å². The summed E-state index contributed by atoms with van der Waals surface area (Å²) in [5, 5.41) is 12.0. The molecule has 4 rings (SSSR count). The quantitative estimate of drug-likeness (QED) is 0.673. The number of pyridine rings is 1. The van der Waals surface area contributed by atoms with Gasteiger partial charge in [-0.15, -0.1) is 0 Å². The Balaban J connectivity index is 1.96. The zero-order valence-corrected chi connectivity index (χ0v) is 9.93. The molecule has 0 unspecified atom stereocenters. The largest absolute Gasteiger partial charge is 0.315 e. The van der Waals surface area contributed by atoms with Gasteiger partial charge in [-0.3, -0.25) is 4.68 Å². The Morgan fingerprint density at radius 3 is 3.22 bits per heavy atom. The maximum absolute atomic E-state index is 4.34. The van der Waals surface area contributed by atoms with Gasteiger partial charge in [0.15, 0.2) is 5.65 Å². The fraction of sp³-hybridized carbons (Fsp3) is 0.417. The molecule has 2 N–H and O–H groups in total. The van der Waals surface area contributed by atoms with Crippen LogP contribution in [-0.2, 0) is 0 Å². The highest BCUT2D eigenvalue weighted by atomic mass is 15.4. The first kappa shape index (κ1) is 10.0. The molecule has 18 heavy (non-hydrogen) atoms. The van der Waals surface area contributed by atoms with Gasteiger partial charge in [-0.1, -0.05) is 0 Å². The Morgan fingerprint density at radius 2 is 2.33 bits per heavy atom. The Hall–Kier alpha value is -1.95. The molecule has 0 spiro atoms. The van der Waals surface area contributed by atoms with E-state index < -0.39 is 0 Å². The molecule has 0 radical (unpaired) electrons. The number of rotatable bonds is 1. The highest BCUT2D eigenvalue weighted by Gasteiger charge is 2.19. The Labute approximate surface area is 103 Å². The van der Waals surface area contributed by atoms with Crippen LogP contribution in [0.4, 0.5) is 0 Å². The molecule has 1 saturated heterocycles. The number of nitrogens with one attached hydrogen (secondary N) is 2. The molecule has 3 aromatic heterocycles. The molecule has 6 nitrogen and oxygen atoms in total. The number of aromatic nitrogens is 5. The summed E-state index contributed by atoms with van der Waals surface area (Å²) < 4.78 is 2.16. The van der Waals surface area contributed by atoms with Crippen LogP contribution in [0.3, 0.4) is 0 Å². The summed E-state index contributed by atoms with van der Waals surface area (Å²) >= 11 is 0. The van der Waals surface area contributed by atoms with Crippen molar-refractivity contribution in [3.8, 4) is 0 Å². The highest BCUT2D eigenvalue weighted by molar-refractivity contribution is 6.00. The first-order valence-electron chi connectivity index (χ1n) is 6.30. The number of nitrogens with zero attached hydrogens (tertiary/aromatic N) is 4. The standard InChI is InChI=1S/C12H14N6/c1-2-8(6-13-4-1)18-11-9-3-5-14-12(9)15-7-10(11)16-17-18/h3,5,7-8,13,17H,1-2,4,6H2/t8-/m1/s1. The van der Waals surface area contributed by atoms with Crippen molar-refractivity contribution in [2.75, 3.05) is 13.1 Å². The minimum Gasteiger partial charge on any atom is -0.315 e. The predicted octanol–water partition coefficient (Wildman–Crippen LogP) is 1.23. The van der Waals surface area contributed by atoms with E-state index in [1.54, 1.807) is 12.4 Å². The van der Waals surface area contributed by atoms with Crippen LogP contribution in [0, 0.1) is 0 Å². The van der Waals surface area contributed by atoms with Crippen LogP contribution in [0.15, 0.2) is 18.5 Å². The average molecular weight is 242 g/mol. The maximum Gasteiger partial charge on any atom is 0.161 e. The number of piperidine rings is 1. The summed E-state index contributed by atoms with van der Waals surface area (Å²) in [7, 11) is 0. The second kappa shape index (κ2) is 3.78. The van der Waals surface area contributed by atoms with E-state index in [1.165, 1.54) is 12.8 Å². The average Bonchev–Trinajstić information content (AvgIpc) is 3.05. The molecule has 6 heteroatoms. The molecule has 3 aromatic rings. The van der Waals surface area contributed by atoms with Crippen LogP contribution in [0.1, 0.15) is 18.9 Å². The van der Waals surface area contributed by atoms with E-state index in [0.29, 0.717) is 6.04 Å². The van der Waals surface area contributed by atoms with Crippen molar-refractivity contribution in [1.29, 1.82) is 0 Å². The van der Waals surface area contributed by atoms with E-state index in [0.717, 1.165) is 35.2 Å². The van der Waals surface area contributed by atoms with Crippen LogP contribution >= 0.6 is 0 Å². The van der Waals surface area contributed by atoms with Crippen molar-refractivity contribution < 1.29 is 0 Å². The zero-order valence-electron chi connectivity index (χ0n) is 9.93. The molecule has 1 atom stereocenters. The van der Waals surface area contributed by atoms with E-state index in [1.807, 2.05) is 6.07 Å². The molecular weight excluding hydrogens is 228 g/mol. The Kier molecular flexibility index (Phi) is 2.10. The lowest BCUT2D eigenvalue weighted by molar-refractivity contribution is 0.349.